The molecular weight excluding hydrogens is 388 g/mol. The Hall–Kier alpha value is -1.87. The first kappa shape index (κ1) is 21.4. The molecule has 0 aromatic heterocycles. The molecule has 2 unspecified atom stereocenters. The molecule has 9 heteroatoms. The number of likely N-dealkylation sites (tertiary alicyclic amines) is 1. The van der Waals surface area contributed by atoms with Gasteiger partial charge < -0.3 is 20.1 Å². The van der Waals surface area contributed by atoms with E-state index in [1.54, 1.807) is 0 Å². The third kappa shape index (κ3) is 5.80. The average Bonchev–Trinajstić information content (AvgIpc) is 3.11. The maximum absolute atomic E-state index is 12.7. The summed E-state index contributed by atoms with van der Waals surface area (Å²) in [6.07, 6.45) is -0.411. The van der Waals surface area contributed by atoms with Gasteiger partial charge in [0.2, 0.25) is 5.91 Å². The molecular formula is C18H24N2O5S2. The van der Waals surface area contributed by atoms with Crippen molar-refractivity contribution in [3.8, 4) is 0 Å². The third-order valence-electron chi connectivity index (χ3n) is 4.55. The molecule has 4 atom stereocenters. The van der Waals surface area contributed by atoms with Crippen LogP contribution >= 0.6 is 25.3 Å². The van der Waals surface area contributed by atoms with Gasteiger partial charge in [0, 0.05) is 17.5 Å². The molecule has 1 aliphatic heterocycles. The van der Waals surface area contributed by atoms with Gasteiger partial charge in [-0.05, 0) is 24.8 Å². The fourth-order valence-corrected chi connectivity index (χ4v) is 3.54. The topological polar surface area (TPSA) is 95.9 Å². The second-order valence-corrected chi connectivity index (χ2v) is 7.55. The first-order chi connectivity index (χ1) is 12.8. The SMILES string of the molecule is C[C@H](NC(=O)OCc1ccccc1)C(=O)N1CC(C(S)CS)C[C@H]1C(=O)O. The number of ether oxygens (including phenoxy) is 1. The zero-order valence-corrected chi connectivity index (χ0v) is 16.7. The van der Waals surface area contributed by atoms with Crippen LogP contribution in [-0.2, 0) is 20.9 Å². The number of alkyl carbamates (subject to hydrolysis) is 1. The van der Waals surface area contributed by atoms with E-state index in [9.17, 15) is 19.5 Å². The summed E-state index contributed by atoms with van der Waals surface area (Å²) in [5.74, 6) is -1.10. The molecule has 1 fully saturated rings. The van der Waals surface area contributed by atoms with Crippen LogP contribution in [0.5, 0.6) is 0 Å². The van der Waals surface area contributed by atoms with Gasteiger partial charge in [-0.1, -0.05) is 30.3 Å². The molecule has 1 saturated heterocycles. The highest BCUT2D eigenvalue weighted by molar-refractivity contribution is 7.84. The Labute approximate surface area is 169 Å². The molecule has 1 aromatic rings. The quantitative estimate of drug-likeness (QED) is 0.513. The molecule has 2 amide bonds. The van der Waals surface area contributed by atoms with Crippen molar-refractivity contribution in [1.29, 1.82) is 0 Å². The Kier molecular flexibility index (Phi) is 7.85. The molecule has 2 rings (SSSR count). The molecule has 148 valence electrons. The zero-order valence-electron chi connectivity index (χ0n) is 14.9. The Morgan fingerprint density at radius 3 is 2.59 bits per heavy atom. The Morgan fingerprint density at radius 1 is 1.33 bits per heavy atom. The molecule has 0 bridgehead atoms. The second kappa shape index (κ2) is 9.89. The molecule has 1 heterocycles. The van der Waals surface area contributed by atoms with Crippen molar-refractivity contribution >= 4 is 43.2 Å². The van der Waals surface area contributed by atoms with E-state index in [4.69, 9.17) is 4.74 Å². The lowest BCUT2D eigenvalue weighted by Crippen LogP contribution is -2.50. The minimum absolute atomic E-state index is 0.0619. The van der Waals surface area contributed by atoms with Crippen molar-refractivity contribution in [3.05, 3.63) is 35.9 Å². The number of hydrogen-bond donors (Lipinski definition) is 4. The van der Waals surface area contributed by atoms with Crippen LogP contribution in [0.4, 0.5) is 4.79 Å². The number of carboxylic acid groups (broad SMARTS) is 1. The maximum atomic E-state index is 12.7. The summed E-state index contributed by atoms with van der Waals surface area (Å²) in [4.78, 5) is 37.4. The average molecular weight is 413 g/mol. The molecule has 2 N–H and O–H groups in total. The molecule has 0 saturated carbocycles. The maximum Gasteiger partial charge on any atom is 0.408 e. The first-order valence-electron chi connectivity index (χ1n) is 8.63. The van der Waals surface area contributed by atoms with E-state index < -0.39 is 30.1 Å². The molecule has 0 radical (unpaired) electrons. The van der Waals surface area contributed by atoms with E-state index in [1.807, 2.05) is 30.3 Å². The number of rotatable bonds is 7. The van der Waals surface area contributed by atoms with Gasteiger partial charge in [-0.3, -0.25) is 4.79 Å². The van der Waals surface area contributed by atoms with Gasteiger partial charge in [-0.25, -0.2) is 9.59 Å². The van der Waals surface area contributed by atoms with Crippen molar-refractivity contribution in [2.45, 2.75) is 37.3 Å². The standard InChI is InChI=1S/C18H24N2O5S2/c1-11(19-18(24)25-9-12-5-3-2-4-6-12)16(21)20-8-13(15(27)10-26)7-14(20)17(22)23/h2-6,11,13-15,26-27H,7-10H2,1H3,(H,19,24)(H,22,23)/t11-,13?,14-,15?/m0/s1. The predicted molar refractivity (Wildman–Crippen MR) is 107 cm³/mol. The molecule has 0 aliphatic carbocycles. The van der Waals surface area contributed by atoms with Gasteiger partial charge in [0.15, 0.2) is 0 Å². The molecule has 7 nitrogen and oxygen atoms in total. The number of carbonyl (C=O) groups is 3. The number of carbonyl (C=O) groups excluding carboxylic acids is 2. The highest BCUT2D eigenvalue weighted by Crippen LogP contribution is 2.29. The molecule has 1 aliphatic rings. The smallest absolute Gasteiger partial charge is 0.408 e. The summed E-state index contributed by atoms with van der Waals surface area (Å²) in [6.45, 7) is 1.87. The predicted octanol–water partition coefficient (Wildman–Crippen LogP) is 1.83. The number of hydrogen-bond acceptors (Lipinski definition) is 6. The molecule has 0 spiro atoms. The number of nitrogens with zero attached hydrogens (tertiary/aromatic N) is 1. The largest absolute Gasteiger partial charge is 0.480 e. The van der Waals surface area contributed by atoms with Crippen LogP contribution in [0.2, 0.25) is 0 Å². The van der Waals surface area contributed by atoms with E-state index in [0.29, 0.717) is 12.2 Å². The minimum Gasteiger partial charge on any atom is -0.480 e. The molecule has 1 aromatic carbocycles. The third-order valence-corrected chi connectivity index (χ3v) is 5.84. The van der Waals surface area contributed by atoms with Crippen molar-refractivity contribution in [3.63, 3.8) is 0 Å². The fourth-order valence-electron chi connectivity index (χ4n) is 3.03. The lowest BCUT2D eigenvalue weighted by Gasteiger charge is -2.25. The van der Waals surface area contributed by atoms with Gasteiger partial charge in [-0.15, -0.1) is 0 Å². The monoisotopic (exact) mass is 412 g/mol. The van der Waals surface area contributed by atoms with E-state index in [-0.39, 0.29) is 24.3 Å². The van der Waals surface area contributed by atoms with Crippen LogP contribution in [0.3, 0.4) is 0 Å². The summed E-state index contributed by atoms with van der Waals surface area (Å²) in [5, 5.41) is 11.8. The minimum atomic E-state index is -1.07. The summed E-state index contributed by atoms with van der Waals surface area (Å²) in [7, 11) is 0. The fraction of sp³-hybridized carbons (Fsp3) is 0.500. The van der Waals surface area contributed by atoms with Crippen molar-refractivity contribution in [1.82, 2.24) is 10.2 Å². The van der Waals surface area contributed by atoms with E-state index in [0.717, 1.165) is 5.56 Å². The Bertz CT molecular complexity index is 673. The van der Waals surface area contributed by atoms with Gasteiger partial charge >= 0.3 is 12.1 Å². The van der Waals surface area contributed by atoms with Gasteiger partial charge in [0.25, 0.3) is 0 Å². The van der Waals surface area contributed by atoms with Gasteiger partial charge in [-0.2, -0.15) is 25.3 Å². The number of amides is 2. The van der Waals surface area contributed by atoms with Crippen molar-refractivity contribution in [2.24, 2.45) is 5.92 Å². The van der Waals surface area contributed by atoms with Crippen LogP contribution in [-0.4, -0.2) is 57.6 Å². The second-order valence-electron chi connectivity index (χ2n) is 6.52. The number of aliphatic carboxylic acids is 1. The Balaban J connectivity index is 1.92. The lowest BCUT2D eigenvalue weighted by atomic mass is 10.0. The van der Waals surface area contributed by atoms with Crippen LogP contribution in [0.15, 0.2) is 30.3 Å². The van der Waals surface area contributed by atoms with Crippen LogP contribution in [0, 0.1) is 5.92 Å². The van der Waals surface area contributed by atoms with Crippen molar-refractivity contribution in [2.75, 3.05) is 12.3 Å². The highest BCUT2D eigenvalue weighted by atomic mass is 32.1. The number of nitrogens with one attached hydrogen (secondary N) is 1. The highest BCUT2D eigenvalue weighted by Gasteiger charge is 2.42. The number of carboxylic acids is 1. The van der Waals surface area contributed by atoms with E-state index >= 15 is 0 Å². The van der Waals surface area contributed by atoms with E-state index in [2.05, 4.69) is 30.6 Å². The summed E-state index contributed by atoms with van der Waals surface area (Å²) in [6, 6.07) is 7.33. The Morgan fingerprint density at radius 2 is 2.00 bits per heavy atom. The normalized spacial score (nSPS) is 21.4. The summed E-state index contributed by atoms with van der Waals surface area (Å²) in [5.41, 5.74) is 0.825. The number of thiol groups is 2. The molecule has 27 heavy (non-hydrogen) atoms. The van der Waals surface area contributed by atoms with Crippen LogP contribution in [0.1, 0.15) is 18.9 Å². The zero-order chi connectivity index (χ0) is 20.0. The summed E-state index contributed by atoms with van der Waals surface area (Å²) >= 11 is 8.61. The lowest BCUT2D eigenvalue weighted by molar-refractivity contribution is -0.148. The van der Waals surface area contributed by atoms with Gasteiger partial charge in [0.1, 0.15) is 18.7 Å². The van der Waals surface area contributed by atoms with Crippen molar-refractivity contribution < 1.29 is 24.2 Å². The first-order valence-corrected chi connectivity index (χ1v) is 9.77. The summed E-state index contributed by atoms with van der Waals surface area (Å²) < 4.78 is 5.10. The van der Waals surface area contributed by atoms with E-state index in [1.165, 1.54) is 11.8 Å². The van der Waals surface area contributed by atoms with Crippen LogP contribution in [0.25, 0.3) is 0 Å². The van der Waals surface area contributed by atoms with Crippen LogP contribution < -0.4 is 5.32 Å². The van der Waals surface area contributed by atoms with Gasteiger partial charge in [0.05, 0.1) is 0 Å². The number of benzene rings is 1.